The summed E-state index contributed by atoms with van der Waals surface area (Å²) in [4.78, 5) is 33.3. The van der Waals surface area contributed by atoms with Crippen molar-refractivity contribution in [3.63, 3.8) is 0 Å². The van der Waals surface area contributed by atoms with Gasteiger partial charge in [-0.25, -0.2) is 4.98 Å². The number of nitriles is 1. The largest absolute Gasteiger partial charge is 0.497 e. The molecule has 0 bridgehead atoms. The topological polar surface area (TPSA) is 105 Å². The number of aromatic nitrogens is 3. The predicted octanol–water partition coefficient (Wildman–Crippen LogP) is 2.17. The van der Waals surface area contributed by atoms with E-state index in [1.165, 1.54) is 17.3 Å². The Labute approximate surface area is 197 Å². The van der Waals surface area contributed by atoms with Gasteiger partial charge in [0.05, 0.1) is 20.0 Å². The Morgan fingerprint density at radius 1 is 1.29 bits per heavy atom. The van der Waals surface area contributed by atoms with E-state index < -0.39 is 0 Å². The number of piperazine rings is 1. The molecule has 3 aromatic rings. The van der Waals surface area contributed by atoms with Gasteiger partial charge in [0.25, 0.3) is 5.56 Å². The lowest BCUT2D eigenvalue weighted by molar-refractivity contribution is 0.0970. The van der Waals surface area contributed by atoms with Gasteiger partial charge in [-0.1, -0.05) is 18.6 Å². The van der Waals surface area contributed by atoms with Crippen LogP contribution in [0.1, 0.15) is 35.2 Å². The van der Waals surface area contributed by atoms with Crippen molar-refractivity contribution in [1.82, 2.24) is 19.4 Å². The molecule has 1 saturated carbocycles. The SMILES string of the molecule is COc1cccc(C(=O)Cn2cnc3c(C#N)c(N4CCNCC4)n(CC4CCC4)c3c2=O)c1. The number of ketones is 1. The summed E-state index contributed by atoms with van der Waals surface area (Å²) in [6, 6.07) is 9.20. The number of nitrogens with one attached hydrogen (secondary N) is 1. The van der Waals surface area contributed by atoms with Crippen LogP contribution < -0.4 is 20.5 Å². The Morgan fingerprint density at radius 2 is 2.09 bits per heavy atom. The number of carbonyl (C=O) groups is 1. The average Bonchev–Trinajstić information content (AvgIpc) is 3.17. The van der Waals surface area contributed by atoms with Gasteiger partial charge in [-0.05, 0) is 30.9 Å². The lowest BCUT2D eigenvalue weighted by atomic mass is 9.85. The molecule has 176 valence electrons. The summed E-state index contributed by atoms with van der Waals surface area (Å²) in [5.74, 6) is 1.64. The number of ether oxygens (including phenoxy) is 1. The number of nitrogens with zero attached hydrogens (tertiary/aromatic N) is 5. The van der Waals surface area contributed by atoms with E-state index in [0.29, 0.717) is 40.4 Å². The van der Waals surface area contributed by atoms with Crippen molar-refractivity contribution >= 4 is 22.6 Å². The Kier molecular flexibility index (Phi) is 6.07. The second-order valence-electron chi connectivity index (χ2n) is 8.98. The van der Waals surface area contributed by atoms with Crippen molar-refractivity contribution in [3.05, 3.63) is 52.1 Å². The first kappa shape index (κ1) is 22.2. The number of rotatable bonds is 7. The molecule has 5 rings (SSSR count). The molecule has 1 saturated heterocycles. The second kappa shape index (κ2) is 9.31. The summed E-state index contributed by atoms with van der Waals surface area (Å²) in [6.45, 7) is 3.72. The first-order valence-corrected chi connectivity index (χ1v) is 11.8. The minimum atomic E-state index is -0.293. The molecule has 0 atom stereocenters. The van der Waals surface area contributed by atoms with Gasteiger partial charge in [0.15, 0.2) is 5.78 Å². The van der Waals surface area contributed by atoms with E-state index in [1.54, 1.807) is 31.4 Å². The zero-order chi connectivity index (χ0) is 23.7. The van der Waals surface area contributed by atoms with Crippen LogP contribution in [-0.4, -0.2) is 53.2 Å². The zero-order valence-corrected chi connectivity index (χ0v) is 19.3. The van der Waals surface area contributed by atoms with Crippen molar-refractivity contribution < 1.29 is 9.53 Å². The van der Waals surface area contributed by atoms with Crippen molar-refractivity contribution in [2.45, 2.75) is 32.4 Å². The quantitative estimate of drug-likeness (QED) is 0.539. The summed E-state index contributed by atoms with van der Waals surface area (Å²) in [5, 5.41) is 13.4. The van der Waals surface area contributed by atoms with Crippen molar-refractivity contribution in [2.24, 2.45) is 5.92 Å². The number of benzene rings is 1. The van der Waals surface area contributed by atoms with Crippen LogP contribution >= 0.6 is 0 Å². The molecule has 9 nitrogen and oxygen atoms in total. The van der Waals surface area contributed by atoms with Crippen LogP contribution in [0.2, 0.25) is 0 Å². The lowest BCUT2D eigenvalue weighted by Crippen LogP contribution is -2.44. The number of methoxy groups -OCH3 is 1. The molecule has 1 N–H and O–H groups in total. The van der Waals surface area contributed by atoms with Crippen LogP contribution in [0, 0.1) is 17.2 Å². The number of fused-ring (bicyclic) bond motifs is 1. The Morgan fingerprint density at radius 3 is 2.76 bits per heavy atom. The standard InChI is InChI=1S/C25H28N6O3/c1-34-19-7-3-6-18(12-19)21(32)15-30-16-28-22-20(13-26)24(29-10-8-27-9-11-29)31(23(22)25(30)33)14-17-4-2-5-17/h3,6-7,12,16-17,27H,2,4-5,8-11,14-15H2,1H3. The zero-order valence-electron chi connectivity index (χ0n) is 19.3. The van der Waals surface area contributed by atoms with E-state index >= 15 is 0 Å². The first-order valence-electron chi connectivity index (χ1n) is 11.8. The number of Topliss-reactive ketones (excluding diaryl/α,β-unsaturated/α-hetero) is 1. The molecule has 3 heterocycles. The minimum absolute atomic E-state index is 0.131. The highest BCUT2D eigenvalue weighted by Crippen LogP contribution is 2.35. The predicted molar refractivity (Wildman–Crippen MR) is 128 cm³/mol. The molecule has 34 heavy (non-hydrogen) atoms. The molecule has 0 spiro atoms. The Bertz CT molecular complexity index is 1320. The molecule has 2 aliphatic rings. The fourth-order valence-electron chi connectivity index (χ4n) is 4.83. The van der Waals surface area contributed by atoms with E-state index in [4.69, 9.17) is 4.74 Å². The fourth-order valence-corrected chi connectivity index (χ4v) is 4.83. The average molecular weight is 461 g/mol. The first-order chi connectivity index (χ1) is 16.6. The van der Waals surface area contributed by atoms with Crippen molar-refractivity contribution in [2.75, 3.05) is 38.2 Å². The molecule has 2 aromatic heterocycles. The van der Waals surface area contributed by atoms with Crippen LogP contribution in [0.15, 0.2) is 35.4 Å². The fraction of sp³-hybridized carbons (Fsp3) is 0.440. The maximum absolute atomic E-state index is 13.7. The maximum atomic E-state index is 13.7. The number of carbonyl (C=O) groups excluding carboxylic acids is 1. The van der Waals surface area contributed by atoms with Crippen molar-refractivity contribution in [3.8, 4) is 11.8 Å². The third-order valence-electron chi connectivity index (χ3n) is 6.90. The molecule has 1 aliphatic carbocycles. The third kappa shape index (κ3) is 3.94. The minimum Gasteiger partial charge on any atom is -0.497 e. The van der Waals surface area contributed by atoms with Gasteiger partial charge in [0.1, 0.15) is 34.2 Å². The van der Waals surface area contributed by atoms with Gasteiger partial charge in [0.2, 0.25) is 0 Å². The highest BCUT2D eigenvalue weighted by atomic mass is 16.5. The van der Waals surface area contributed by atoms with Crippen LogP contribution in [-0.2, 0) is 13.1 Å². The van der Waals surface area contributed by atoms with Gasteiger partial charge in [-0.2, -0.15) is 5.26 Å². The van der Waals surface area contributed by atoms with Gasteiger partial charge in [-0.3, -0.25) is 14.2 Å². The molecule has 1 aromatic carbocycles. The van der Waals surface area contributed by atoms with E-state index in [1.807, 2.05) is 4.57 Å². The lowest BCUT2D eigenvalue weighted by Gasteiger charge is -2.33. The molecule has 1 aliphatic heterocycles. The van der Waals surface area contributed by atoms with Gasteiger partial charge >= 0.3 is 0 Å². The van der Waals surface area contributed by atoms with Crippen LogP contribution in [0.3, 0.4) is 0 Å². The van der Waals surface area contributed by atoms with E-state index in [0.717, 1.165) is 44.8 Å². The summed E-state index contributed by atoms with van der Waals surface area (Å²) in [6.07, 6.45) is 4.81. The molecule has 9 heteroatoms. The van der Waals surface area contributed by atoms with Crippen LogP contribution in [0.5, 0.6) is 5.75 Å². The second-order valence-corrected chi connectivity index (χ2v) is 8.98. The normalized spacial score (nSPS) is 16.3. The molecule has 2 fully saturated rings. The van der Waals surface area contributed by atoms with Gasteiger partial charge in [-0.15, -0.1) is 0 Å². The summed E-state index contributed by atoms with van der Waals surface area (Å²) in [5.41, 5.74) is 1.46. The van der Waals surface area contributed by atoms with Crippen LogP contribution in [0.25, 0.3) is 11.0 Å². The monoisotopic (exact) mass is 460 g/mol. The maximum Gasteiger partial charge on any atom is 0.278 e. The van der Waals surface area contributed by atoms with E-state index in [-0.39, 0.29) is 17.9 Å². The summed E-state index contributed by atoms with van der Waals surface area (Å²) >= 11 is 0. The van der Waals surface area contributed by atoms with Gasteiger partial charge < -0.3 is 19.5 Å². The number of anilines is 1. The number of hydrogen-bond acceptors (Lipinski definition) is 7. The molecule has 0 unspecified atom stereocenters. The van der Waals surface area contributed by atoms with E-state index in [9.17, 15) is 14.9 Å². The van der Waals surface area contributed by atoms with Gasteiger partial charge in [0, 0.05) is 38.3 Å². The number of hydrogen-bond donors (Lipinski definition) is 1. The Balaban J connectivity index is 1.59. The van der Waals surface area contributed by atoms with Crippen molar-refractivity contribution in [1.29, 1.82) is 5.26 Å². The molecular weight excluding hydrogens is 432 g/mol. The van der Waals surface area contributed by atoms with E-state index in [2.05, 4.69) is 21.3 Å². The van der Waals surface area contributed by atoms with Crippen LogP contribution in [0.4, 0.5) is 5.82 Å². The highest BCUT2D eigenvalue weighted by Gasteiger charge is 2.29. The Hall–Kier alpha value is -3.64. The molecule has 0 radical (unpaired) electrons. The summed E-state index contributed by atoms with van der Waals surface area (Å²) in [7, 11) is 1.55. The highest BCUT2D eigenvalue weighted by molar-refractivity contribution is 5.96. The third-order valence-corrected chi connectivity index (χ3v) is 6.90. The molecule has 0 amide bonds. The summed E-state index contributed by atoms with van der Waals surface area (Å²) < 4.78 is 8.57. The smallest absolute Gasteiger partial charge is 0.278 e. The molecular formula is C25H28N6O3.